The van der Waals surface area contributed by atoms with Crippen molar-refractivity contribution in [1.29, 1.82) is 0 Å². The van der Waals surface area contributed by atoms with Crippen LogP contribution in [-0.2, 0) is 9.59 Å². The number of amides is 4. The zero-order valence-corrected chi connectivity index (χ0v) is 23.9. The highest BCUT2D eigenvalue weighted by atomic mass is 35.5. The Balaban J connectivity index is 1.24. The number of nitrogens with one attached hydrogen (secondary N) is 4. The van der Waals surface area contributed by atoms with Gasteiger partial charge in [-0.2, -0.15) is 0 Å². The monoisotopic (exact) mass is 578 g/mol. The minimum atomic E-state index is -0.410. The molecular weight excluding hydrogens is 544 g/mol. The van der Waals surface area contributed by atoms with Crippen LogP contribution < -0.4 is 16.0 Å². The van der Waals surface area contributed by atoms with Crippen LogP contribution in [0.2, 0.25) is 5.02 Å². The van der Waals surface area contributed by atoms with Crippen LogP contribution in [-0.4, -0.2) is 64.7 Å². The van der Waals surface area contributed by atoms with Crippen molar-refractivity contribution in [2.45, 2.75) is 51.5 Å². The van der Waals surface area contributed by atoms with E-state index >= 15 is 0 Å². The van der Waals surface area contributed by atoms with E-state index in [-0.39, 0.29) is 36.0 Å². The zero-order chi connectivity index (χ0) is 28.9. The third-order valence-electron chi connectivity index (χ3n) is 7.78. The predicted molar refractivity (Wildman–Crippen MR) is 156 cm³/mol. The lowest BCUT2D eigenvalue weighted by Gasteiger charge is -2.19. The molecule has 2 aliphatic heterocycles. The van der Waals surface area contributed by atoms with Crippen LogP contribution in [0, 0.1) is 12.8 Å². The minimum absolute atomic E-state index is 0.00801. The average Bonchev–Trinajstić information content (AvgIpc) is 3.72. The van der Waals surface area contributed by atoms with Gasteiger partial charge in [-0.25, -0.2) is 4.98 Å². The van der Waals surface area contributed by atoms with Gasteiger partial charge in [-0.1, -0.05) is 11.6 Å². The van der Waals surface area contributed by atoms with Crippen molar-refractivity contribution >= 4 is 46.3 Å². The molecule has 5 rings (SSSR count). The van der Waals surface area contributed by atoms with Gasteiger partial charge in [-0.05, 0) is 81.0 Å². The third kappa shape index (κ3) is 6.87. The molecule has 3 aromatic rings. The Hall–Kier alpha value is -3.92. The number of halogens is 1. The van der Waals surface area contributed by atoms with Gasteiger partial charge in [0.25, 0.3) is 11.8 Å². The lowest BCUT2D eigenvalue weighted by Crippen LogP contribution is -2.33. The Labute approximate surface area is 243 Å². The lowest BCUT2D eigenvalue weighted by atomic mass is 10.0. The first-order chi connectivity index (χ1) is 19.8. The number of aromatic amines is 1. The predicted octanol–water partition coefficient (Wildman–Crippen LogP) is 3.65. The Morgan fingerprint density at radius 1 is 1.12 bits per heavy atom. The molecule has 2 aromatic carbocycles. The van der Waals surface area contributed by atoms with Gasteiger partial charge in [0.2, 0.25) is 11.8 Å². The topological polar surface area (TPSA) is 136 Å². The van der Waals surface area contributed by atoms with Crippen molar-refractivity contribution in [2.75, 3.05) is 26.2 Å². The second-order valence-electron chi connectivity index (χ2n) is 10.8. The summed E-state index contributed by atoms with van der Waals surface area (Å²) in [5.41, 5.74) is 3.38. The minimum Gasteiger partial charge on any atom is -0.356 e. The first-order valence-corrected chi connectivity index (χ1v) is 14.6. The smallest absolute Gasteiger partial charge is 0.254 e. The summed E-state index contributed by atoms with van der Waals surface area (Å²) < 4.78 is 0. The number of imidazole rings is 1. The number of rotatable bonds is 10. The first-order valence-electron chi connectivity index (χ1n) is 14.2. The van der Waals surface area contributed by atoms with E-state index in [2.05, 4.69) is 20.9 Å². The number of H-pyrrole nitrogens is 1. The molecule has 4 N–H and O–H groups in total. The number of hydrogen-bond donors (Lipinski definition) is 4. The molecule has 4 amide bonds. The number of hydrogen-bond acceptors (Lipinski definition) is 5. The number of carbonyl (C=O) groups excluding carboxylic acids is 4. The van der Waals surface area contributed by atoms with E-state index in [1.54, 1.807) is 30.3 Å². The van der Waals surface area contributed by atoms with Crippen LogP contribution in [0.5, 0.6) is 0 Å². The second kappa shape index (κ2) is 12.7. The molecule has 2 fully saturated rings. The SMILES string of the molecule is Cc1cc(C(=O)N[C@@H](CCCCNC(=O)C2CNC(=O)C2)c2nc3ccc(Cl)cc3[nH]2)ccc1C(=O)N1CCCC1. The molecule has 0 aliphatic carbocycles. The third-order valence-corrected chi connectivity index (χ3v) is 8.01. The maximum absolute atomic E-state index is 13.4. The van der Waals surface area contributed by atoms with E-state index in [9.17, 15) is 19.2 Å². The number of aromatic nitrogens is 2. The van der Waals surface area contributed by atoms with Crippen molar-refractivity contribution in [3.8, 4) is 0 Å². The van der Waals surface area contributed by atoms with Crippen LogP contribution >= 0.6 is 11.6 Å². The van der Waals surface area contributed by atoms with Gasteiger partial charge in [-0.15, -0.1) is 0 Å². The van der Waals surface area contributed by atoms with Gasteiger partial charge in [0.1, 0.15) is 5.82 Å². The van der Waals surface area contributed by atoms with Gasteiger partial charge < -0.3 is 25.8 Å². The molecule has 2 saturated heterocycles. The maximum atomic E-state index is 13.4. The summed E-state index contributed by atoms with van der Waals surface area (Å²) in [6.07, 6.45) is 4.27. The molecular formula is C30H35ClN6O4. The van der Waals surface area contributed by atoms with Crippen LogP contribution in [0.1, 0.15) is 76.7 Å². The molecule has 0 bridgehead atoms. The molecule has 216 valence electrons. The van der Waals surface area contributed by atoms with E-state index in [0.717, 1.165) is 42.5 Å². The highest BCUT2D eigenvalue weighted by molar-refractivity contribution is 6.31. The molecule has 2 aliphatic rings. The molecule has 0 saturated carbocycles. The first kappa shape index (κ1) is 28.6. The number of carbonyl (C=O) groups is 4. The summed E-state index contributed by atoms with van der Waals surface area (Å²) in [7, 11) is 0. The van der Waals surface area contributed by atoms with Gasteiger partial charge in [-0.3, -0.25) is 19.2 Å². The Bertz CT molecular complexity index is 1460. The fourth-order valence-corrected chi connectivity index (χ4v) is 5.61. The highest BCUT2D eigenvalue weighted by Crippen LogP contribution is 2.24. The fraction of sp³-hybridized carbons (Fsp3) is 0.433. The van der Waals surface area contributed by atoms with Crippen LogP contribution in [0.25, 0.3) is 11.0 Å². The normalized spacial score (nSPS) is 17.5. The van der Waals surface area contributed by atoms with Crippen molar-refractivity contribution in [3.05, 3.63) is 63.9 Å². The largest absolute Gasteiger partial charge is 0.356 e. The second-order valence-corrected chi connectivity index (χ2v) is 11.3. The van der Waals surface area contributed by atoms with Gasteiger partial charge in [0, 0.05) is 48.7 Å². The van der Waals surface area contributed by atoms with Crippen LogP contribution in [0.3, 0.4) is 0 Å². The number of nitrogens with zero attached hydrogens (tertiary/aromatic N) is 2. The molecule has 0 radical (unpaired) electrons. The Morgan fingerprint density at radius 2 is 1.93 bits per heavy atom. The van der Waals surface area contributed by atoms with E-state index in [0.29, 0.717) is 54.3 Å². The summed E-state index contributed by atoms with van der Waals surface area (Å²) in [5.74, 6) is -0.175. The summed E-state index contributed by atoms with van der Waals surface area (Å²) in [6, 6.07) is 10.2. The van der Waals surface area contributed by atoms with Crippen molar-refractivity contribution in [2.24, 2.45) is 5.92 Å². The van der Waals surface area contributed by atoms with Crippen LogP contribution in [0.4, 0.5) is 0 Å². The van der Waals surface area contributed by atoms with E-state index < -0.39 is 6.04 Å². The van der Waals surface area contributed by atoms with Crippen molar-refractivity contribution in [1.82, 2.24) is 30.8 Å². The molecule has 11 heteroatoms. The number of likely N-dealkylation sites (tertiary alicyclic amines) is 1. The van der Waals surface area contributed by atoms with Gasteiger partial charge in [0.05, 0.1) is 23.0 Å². The molecule has 0 spiro atoms. The lowest BCUT2D eigenvalue weighted by molar-refractivity contribution is -0.126. The zero-order valence-electron chi connectivity index (χ0n) is 23.1. The number of fused-ring (bicyclic) bond motifs is 1. The highest BCUT2D eigenvalue weighted by Gasteiger charge is 2.27. The summed E-state index contributed by atoms with van der Waals surface area (Å²) in [5, 5.41) is 9.28. The number of aryl methyl sites for hydroxylation is 1. The van der Waals surface area contributed by atoms with E-state index in [1.165, 1.54) is 0 Å². The maximum Gasteiger partial charge on any atom is 0.254 e. The number of benzene rings is 2. The summed E-state index contributed by atoms with van der Waals surface area (Å²) in [4.78, 5) is 59.8. The van der Waals surface area contributed by atoms with Gasteiger partial charge >= 0.3 is 0 Å². The van der Waals surface area contributed by atoms with Crippen molar-refractivity contribution < 1.29 is 19.2 Å². The quantitative estimate of drug-likeness (QED) is 0.272. The molecule has 3 heterocycles. The molecule has 1 unspecified atom stereocenters. The van der Waals surface area contributed by atoms with Crippen molar-refractivity contribution in [3.63, 3.8) is 0 Å². The Kier molecular flexibility index (Phi) is 8.87. The molecule has 10 nitrogen and oxygen atoms in total. The van der Waals surface area contributed by atoms with Crippen LogP contribution in [0.15, 0.2) is 36.4 Å². The van der Waals surface area contributed by atoms with Gasteiger partial charge in [0.15, 0.2) is 0 Å². The molecule has 41 heavy (non-hydrogen) atoms. The molecule has 2 atom stereocenters. The standard InChI is InChI=1S/C30H35ClN6O4/c1-18-14-19(7-9-22(18)30(41)37-12-4-5-13-37)29(40)36-24(27-34-23-10-8-21(31)16-25(23)35-27)6-2-3-11-32-28(39)20-15-26(38)33-17-20/h7-10,14,16,20,24H,2-6,11-13,15,17H2,1H3,(H,32,39)(H,33,38)(H,34,35)(H,36,40)/t20?,24-/m0/s1. The summed E-state index contributed by atoms with van der Waals surface area (Å²) >= 11 is 6.16. The molecule has 1 aromatic heterocycles. The Morgan fingerprint density at radius 3 is 2.66 bits per heavy atom. The average molecular weight is 579 g/mol. The summed E-state index contributed by atoms with van der Waals surface area (Å²) in [6.45, 7) is 4.25. The van der Waals surface area contributed by atoms with E-state index in [1.807, 2.05) is 17.9 Å². The fourth-order valence-electron chi connectivity index (χ4n) is 5.44. The number of unbranched alkanes of at least 4 members (excludes halogenated alkanes) is 1. The van der Waals surface area contributed by atoms with E-state index in [4.69, 9.17) is 16.6 Å².